The molecule has 10 nitrogen and oxygen atoms in total. The van der Waals surface area contributed by atoms with Crippen LogP contribution in [-0.4, -0.2) is 38.9 Å². The average Bonchev–Trinajstić information content (AvgIpc) is 2.72. The standard InChI is InChI=1S/C20H20N4O6S/c1-13(20(27)24-17-5-3-4-15(10-17)11-21)30-19(26)12-22-31(28,29)18-8-6-16(7-9-18)23-14(2)25/h3-10,13,22H,12H2,1-2H3,(H,23,25)(H,24,27). The van der Waals surface area contributed by atoms with Gasteiger partial charge in [-0.3, -0.25) is 14.4 Å². The molecule has 0 radical (unpaired) electrons. The third-order valence-corrected chi connectivity index (χ3v) is 5.25. The second kappa shape index (κ2) is 10.3. The van der Waals surface area contributed by atoms with E-state index in [0.717, 1.165) is 0 Å². The van der Waals surface area contributed by atoms with Crippen molar-refractivity contribution in [2.75, 3.05) is 17.2 Å². The van der Waals surface area contributed by atoms with Gasteiger partial charge in [-0.05, 0) is 49.4 Å². The molecule has 0 bridgehead atoms. The molecule has 0 heterocycles. The molecule has 0 saturated carbocycles. The Labute approximate surface area is 179 Å². The molecule has 2 aromatic rings. The van der Waals surface area contributed by atoms with E-state index >= 15 is 0 Å². The summed E-state index contributed by atoms with van der Waals surface area (Å²) in [5.74, 6) is -1.89. The molecular formula is C20H20N4O6S. The maximum atomic E-state index is 12.3. The monoisotopic (exact) mass is 444 g/mol. The van der Waals surface area contributed by atoms with Gasteiger partial charge in [0.15, 0.2) is 6.10 Å². The van der Waals surface area contributed by atoms with Crippen LogP contribution in [0.2, 0.25) is 0 Å². The summed E-state index contributed by atoms with van der Waals surface area (Å²) in [6.45, 7) is 1.97. The van der Waals surface area contributed by atoms with Gasteiger partial charge in [-0.25, -0.2) is 8.42 Å². The Balaban J connectivity index is 1.89. The summed E-state index contributed by atoms with van der Waals surface area (Å²) in [5, 5.41) is 13.9. The SMILES string of the molecule is CC(=O)Nc1ccc(S(=O)(=O)NCC(=O)OC(C)C(=O)Nc2cccc(C#N)c2)cc1. The Morgan fingerprint density at radius 2 is 1.74 bits per heavy atom. The third-order valence-electron chi connectivity index (χ3n) is 3.83. The highest BCUT2D eigenvalue weighted by molar-refractivity contribution is 7.89. The molecule has 0 fully saturated rings. The van der Waals surface area contributed by atoms with Gasteiger partial charge in [0.1, 0.15) is 6.54 Å². The van der Waals surface area contributed by atoms with Crippen molar-refractivity contribution in [3.63, 3.8) is 0 Å². The van der Waals surface area contributed by atoms with E-state index in [1.165, 1.54) is 44.2 Å². The molecule has 1 atom stereocenters. The molecule has 0 spiro atoms. The number of hydrogen-bond acceptors (Lipinski definition) is 7. The normalized spacial score (nSPS) is 11.6. The Bertz CT molecular complexity index is 1120. The van der Waals surface area contributed by atoms with Crippen molar-refractivity contribution in [2.45, 2.75) is 24.8 Å². The number of nitrogens with zero attached hydrogens (tertiary/aromatic N) is 1. The fourth-order valence-corrected chi connectivity index (χ4v) is 3.33. The number of anilines is 2. The number of hydrogen-bond donors (Lipinski definition) is 3. The Morgan fingerprint density at radius 1 is 1.06 bits per heavy atom. The zero-order valence-corrected chi connectivity index (χ0v) is 17.5. The minimum Gasteiger partial charge on any atom is -0.452 e. The van der Waals surface area contributed by atoms with Crippen LogP contribution in [0.1, 0.15) is 19.4 Å². The van der Waals surface area contributed by atoms with Gasteiger partial charge in [-0.15, -0.1) is 0 Å². The molecule has 11 heteroatoms. The van der Waals surface area contributed by atoms with E-state index in [-0.39, 0.29) is 10.8 Å². The molecule has 0 aliphatic rings. The van der Waals surface area contributed by atoms with Crippen LogP contribution in [0, 0.1) is 11.3 Å². The van der Waals surface area contributed by atoms with Crippen LogP contribution >= 0.6 is 0 Å². The topological polar surface area (TPSA) is 154 Å². The number of ether oxygens (including phenoxy) is 1. The Hall–Kier alpha value is -3.75. The molecule has 31 heavy (non-hydrogen) atoms. The molecule has 2 rings (SSSR count). The Kier molecular flexibility index (Phi) is 7.84. The van der Waals surface area contributed by atoms with Crippen LogP contribution in [0.3, 0.4) is 0 Å². The molecule has 0 aliphatic heterocycles. The van der Waals surface area contributed by atoms with Gasteiger partial charge in [-0.2, -0.15) is 9.98 Å². The summed E-state index contributed by atoms with van der Waals surface area (Å²) >= 11 is 0. The number of nitrogens with one attached hydrogen (secondary N) is 3. The van der Waals surface area contributed by atoms with Crippen LogP contribution in [0.25, 0.3) is 0 Å². The van der Waals surface area contributed by atoms with E-state index < -0.39 is 34.5 Å². The van der Waals surface area contributed by atoms with E-state index in [1.807, 2.05) is 6.07 Å². The number of sulfonamides is 1. The van der Waals surface area contributed by atoms with E-state index in [4.69, 9.17) is 10.00 Å². The lowest BCUT2D eigenvalue weighted by Gasteiger charge is -2.14. The molecule has 0 aromatic heterocycles. The predicted octanol–water partition coefficient (Wildman–Crippen LogP) is 1.37. The summed E-state index contributed by atoms with van der Waals surface area (Å²) in [6, 6.07) is 13.5. The summed E-state index contributed by atoms with van der Waals surface area (Å²) in [4.78, 5) is 35.0. The van der Waals surface area contributed by atoms with Gasteiger partial charge in [-0.1, -0.05) is 6.07 Å². The average molecular weight is 444 g/mol. The lowest BCUT2D eigenvalue weighted by atomic mass is 10.2. The summed E-state index contributed by atoms with van der Waals surface area (Å²) in [7, 11) is -4.01. The predicted molar refractivity (Wildman–Crippen MR) is 111 cm³/mol. The first-order chi connectivity index (χ1) is 14.6. The largest absolute Gasteiger partial charge is 0.452 e. The van der Waals surface area contributed by atoms with Gasteiger partial charge in [0.2, 0.25) is 15.9 Å². The lowest BCUT2D eigenvalue weighted by Crippen LogP contribution is -2.35. The van der Waals surface area contributed by atoms with Gasteiger partial charge in [0.25, 0.3) is 5.91 Å². The molecule has 1 unspecified atom stereocenters. The van der Waals surface area contributed by atoms with Crippen LogP contribution < -0.4 is 15.4 Å². The summed E-state index contributed by atoms with van der Waals surface area (Å²) in [5.41, 5.74) is 1.13. The highest BCUT2D eigenvalue weighted by atomic mass is 32.2. The van der Waals surface area contributed by atoms with Crippen molar-refractivity contribution in [1.29, 1.82) is 5.26 Å². The number of rotatable bonds is 8. The highest BCUT2D eigenvalue weighted by Gasteiger charge is 2.21. The molecule has 0 aliphatic carbocycles. The molecule has 0 saturated heterocycles. The number of amides is 2. The molecule has 2 amide bonds. The van der Waals surface area contributed by atoms with Crippen LogP contribution in [0.15, 0.2) is 53.4 Å². The minimum absolute atomic E-state index is 0.113. The quantitative estimate of drug-likeness (QED) is 0.519. The molecule has 3 N–H and O–H groups in total. The summed E-state index contributed by atoms with van der Waals surface area (Å²) < 4.78 is 31.6. The number of carbonyl (C=O) groups excluding carboxylic acids is 3. The maximum Gasteiger partial charge on any atom is 0.321 e. The van der Waals surface area contributed by atoms with Crippen molar-refractivity contribution in [2.24, 2.45) is 0 Å². The fraction of sp³-hybridized carbons (Fsp3) is 0.200. The van der Waals surface area contributed by atoms with Crippen molar-refractivity contribution < 1.29 is 27.5 Å². The van der Waals surface area contributed by atoms with Crippen molar-refractivity contribution >= 4 is 39.2 Å². The first-order valence-corrected chi connectivity index (χ1v) is 10.5. The third kappa shape index (κ3) is 7.22. The van der Waals surface area contributed by atoms with Crippen LogP contribution in [0.4, 0.5) is 11.4 Å². The molecular weight excluding hydrogens is 424 g/mol. The van der Waals surface area contributed by atoms with Crippen molar-refractivity contribution in [1.82, 2.24) is 4.72 Å². The van der Waals surface area contributed by atoms with Crippen LogP contribution in [0.5, 0.6) is 0 Å². The van der Waals surface area contributed by atoms with Crippen LogP contribution in [-0.2, 0) is 29.1 Å². The number of esters is 1. The Morgan fingerprint density at radius 3 is 2.35 bits per heavy atom. The minimum atomic E-state index is -4.01. The maximum absolute atomic E-state index is 12.3. The van der Waals surface area contributed by atoms with Gasteiger partial charge >= 0.3 is 5.97 Å². The second-order valence-corrected chi connectivity index (χ2v) is 8.11. The number of carbonyl (C=O) groups is 3. The first-order valence-electron chi connectivity index (χ1n) is 8.98. The zero-order chi connectivity index (χ0) is 23.0. The van der Waals surface area contributed by atoms with Gasteiger partial charge in [0, 0.05) is 18.3 Å². The smallest absolute Gasteiger partial charge is 0.321 e. The van der Waals surface area contributed by atoms with E-state index in [1.54, 1.807) is 18.2 Å². The van der Waals surface area contributed by atoms with Gasteiger partial charge in [0.05, 0.1) is 16.5 Å². The van der Waals surface area contributed by atoms with E-state index in [2.05, 4.69) is 15.4 Å². The lowest BCUT2D eigenvalue weighted by molar-refractivity contribution is -0.151. The molecule has 2 aromatic carbocycles. The fourth-order valence-electron chi connectivity index (χ4n) is 2.36. The number of benzene rings is 2. The van der Waals surface area contributed by atoms with Crippen molar-refractivity contribution in [3.05, 3.63) is 54.1 Å². The second-order valence-electron chi connectivity index (χ2n) is 6.34. The zero-order valence-electron chi connectivity index (χ0n) is 16.7. The first kappa shape index (κ1) is 23.5. The van der Waals surface area contributed by atoms with E-state index in [0.29, 0.717) is 16.9 Å². The van der Waals surface area contributed by atoms with E-state index in [9.17, 15) is 22.8 Å². The van der Waals surface area contributed by atoms with Crippen molar-refractivity contribution in [3.8, 4) is 6.07 Å². The molecule has 162 valence electrons. The number of nitriles is 1. The summed E-state index contributed by atoms with van der Waals surface area (Å²) in [6.07, 6.45) is -1.19. The van der Waals surface area contributed by atoms with Gasteiger partial charge < -0.3 is 15.4 Å². The highest BCUT2D eigenvalue weighted by Crippen LogP contribution is 2.14.